The number of aromatic nitrogens is 2. The molecule has 84 valence electrons. The summed E-state index contributed by atoms with van der Waals surface area (Å²) in [6.07, 6.45) is -0.198. The van der Waals surface area contributed by atoms with Crippen molar-refractivity contribution < 1.29 is 13.2 Å². The SMILES string of the molecule is NC(CCCC(F)(F)F)c1cncnc1. The molecule has 1 rings (SSSR count). The van der Waals surface area contributed by atoms with Crippen LogP contribution >= 0.6 is 0 Å². The van der Waals surface area contributed by atoms with Crippen molar-refractivity contribution in [2.45, 2.75) is 31.5 Å². The van der Waals surface area contributed by atoms with E-state index in [0.29, 0.717) is 5.56 Å². The van der Waals surface area contributed by atoms with Crippen molar-refractivity contribution in [1.82, 2.24) is 9.97 Å². The van der Waals surface area contributed by atoms with E-state index in [-0.39, 0.29) is 12.8 Å². The van der Waals surface area contributed by atoms with E-state index in [1.165, 1.54) is 18.7 Å². The standard InChI is InChI=1S/C9H12F3N3/c10-9(11,12)3-1-2-8(13)7-4-14-6-15-5-7/h4-6,8H,1-3,13H2. The van der Waals surface area contributed by atoms with E-state index in [9.17, 15) is 13.2 Å². The zero-order chi connectivity index (χ0) is 11.3. The van der Waals surface area contributed by atoms with E-state index in [2.05, 4.69) is 9.97 Å². The Bertz CT molecular complexity index is 286. The molecule has 15 heavy (non-hydrogen) atoms. The predicted octanol–water partition coefficient (Wildman–Crippen LogP) is 2.21. The van der Waals surface area contributed by atoms with Crippen molar-refractivity contribution in [3.8, 4) is 0 Å². The summed E-state index contributed by atoms with van der Waals surface area (Å²) in [5.74, 6) is 0. The molecule has 0 aliphatic rings. The molecule has 0 aliphatic carbocycles. The Morgan fingerprint density at radius 3 is 2.40 bits per heavy atom. The molecular weight excluding hydrogens is 207 g/mol. The first-order valence-electron chi connectivity index (χ1n) is 4.56. The Kier molecular flexibility index (Phi) is 4.02. The van der Waals surface area contributed by atoms with Crippen LogP contribution in [-0.4, -0.2) is 16.1 Å². The molecule has 2 N–H and O–H groups in total. The van der Waals surface area contributed by atoms with Crippen LogP contribution in [0.25, 0.3) is 0 Å². The molecule has 1 unspecified atom stereocenters. The second-order valence-electron chi connectivity index (χ2n) is 3.29. The molecule has 1 heterocycles. The van der Waals surface area contributed by atoms with Crippen molar-refractivity contribution in [3.63, 3.8) is 0 Å². The molecule has 0 bridgehead atoms. The number of hydrogen-bond donors (Lipinski definition) is 1. The van der Waals surface area contributed by atoms with E-state index < -0.39 is 18.6 Å². The number of rotatable bonds is 4. The summed E-state index contributed by atoms with van der Waals surface area (Å²) in [6, 6.07) is -0.423. The minimum atomic E-state index is -4.10. The van der Waals surface area contributed by atoms with Crippen LogP contribution in [0.2, 0.25) is 0 Å². The molecule has 1 atom stereocenters. The van der Waals surface area contributed by atoms with Gasteiger partial charge in [0.1, 0.15) is 6.33 Å². The molecule has 0 radical (unpaired) electrons. The molecule has 0 aromatic carbocycles. The summed E-state index contributed by atoms with van der Waals surface area (Å²) in [6.45, 7) is 0. The van der Waals surface area contributed by atoms with Gasteiger partial charge in [-0.05, 0) is 12.8 Å². The molecule has 3 nitrogen and oxygen atoms in total. The van der Waals surface area contributed by atoms with Gasteiger partial charge in [0.15, 0.2) is 0 Å². The molecule has 0 amide bonds. The Labute approximate surface area is 85.5 Å². The van der Waals surface area contributed by atoms with Gasteiger partial charge in [-0.2, -0.15) is 13.2 Å². The van der Waals surface area contributed by atoms with Crippen LogP contribution in [0.5, 0.6) is 0 Å². The largest absolute Gasteiger partial charge is 0.389 e. The van der Waals surface area contributed by atoms with Crippen LogP contribution in [0, 0.1) is 0 Å². The topological polar surface area (TPSA) is 51.8 Å². The number of halogens is 3. The second kappa shape index (κ2) is 5.06. The Balaban J connectivity index is 2.34. The highest BCUT2D eigenvalue weighted by atomic mass is 19.4. The lowest BCUT2D eigenvalue weighted by Gasteiger charge is -2.11. The smallest absolute Gasteiger partial charge is 0.324 e. The normalized spacial score (nSPS) is 13.9. The number of hydrogen-bond acceptors (Lipinski definition) is 3. The van der Waals surface area contributed by atoms with E-state index in [0.717, 1.165) is 0 Å². The van der Waals surface area contributed by atoms with Crippen LogP contribution in [0.3, 0.4) is 0 Å². The summed E-state index contributed by atoms with van der Waals surface area (Å²) in [5.41, 5.74) is 6.34. The van der Waals surface area contributed by atoms with E-state index in [1.807, 2.05) is 0 Å². The van der Waals surface area contributed by atoms with Gasteiger partial charge in [0.25, 0.3) is 0 Å². The van der Waals surface area contributed by atoms with Gasteiger partial charge in [0, 0.05) is 30.4 Å². The first-order valence-corrected chi connectivity index (χ1v) is 4.56. The summed E-state index contributed by atoms with van der Waals surface area (Å²) in [5, 5.41) is 0. The average molecular weight is 219 g/mol. The van der Waals surface area contributed by atoms with Crippen LogP contribution in [-0.2, 0) is 0 Å². The molecular formula is C9H12F3N3. The second-order valence-corrected chi connectivity index (χ2v) is 3.29. The van der Waals surface area contributed by atoms with E-state index in [1.54, 1.807) is 0 Å². The average Bonchev–Trinajstić information content (AvgIpc) is 2.17. The third kappa shape index (κ3) is 4.73. The van der Waals surface area contributed by atoms with Gasteiger partial charge >= 0.3 is 6.18 Å². The Morgan fingerprint density at radius 1 is 1.27 bits per heavy atom. The molecule has 0 saturated carbocycles. The molecule has 6 heteroatoms. The fraction of sp³-hybridized carbons (Fsp3) is 0.556. The molecule has 1 aromatic heterocycles. The summed E-state index contributed by atoms with van der Waals surface area (Å²) in [7, 11) is 0. The maximum Gasteiger partial charge on any atom is 0.389 e. The van der Waals surface area contributed by atoms with E-state index in [4.69, 9.17) is 5.73 Å². The zero-order valence-electron chi connectivity index (χ0n) is 8.04. The minimum Gasteiger partial charge on any atom is -0.324 e. The highest BCUT2D eigenvalue weighted by molar-refractivity contribution is 5.07. The highest BCUT2D eigenvalue weighted by Crippen LogP contribution is 2.24. The molecule has 0 aliphatic heterocycles. The number of alkyl halides is 3. The van der Waals surface area contributed by atoms with Gasteiger partial charge in [0.2, 0.25) is 0 Å². The number of nitrogens with two attached hydrogens (primary N) is 1. The maximum absolute atomic E-state index is 11.8. The van der Waals surface area contributed by atoms with Crippen molar-refractivity contribution in [2.75, 3.05) is 0 Å². The lowest BCUT2D eigenvalue weighted by molar-refractivity contribution is -0.135. The Hall–Kier alpha value is -1.17. The number of nitrogens with zero attached hydrogens (tertiary/aromatic N) is 2. The molecule has 1 aromatic rings. The predicted molar refractivity (Wildman–Crippen MR) is 48.9 cm³/mol. The maximum atomic E-state index is 11.8. The van der Waals surface area contributed by atoms with Gasteiger partial charge in [-0.3, -0.25) is 0 Å². The van der Waals surface area contributed by atoms with Crippen LogP contribution in [0.15, 0.2) is 18.7 Å². The van der Waals surface area contributed by atoms with Gasteiger partial charge in [-0.15, -0.1) is 0 Å². The van der Waals surface area contributed by atoms with Crippen molar-refractivity contribution in [3.05, 3.63) is 24.3 Å². The van der Waals surface area contributed by atoms with Gasteiger partial charge < -0.3 is 5.73 Å². The van der Waals surface area contributed by atoms with Gasteiger partial charge in [-0.1, -0.05) is 0 Å². The monoisotopic (exact) mass is 219 g/mol. The third-order valence-electron chi connectivity index (χ3n) is 1.98. The van der Waals surface area contributed by atoms with Crippen LogP contribution < -0.4 is 5.73 Å². The first kappa shape index (κ1) is 11.9. The quantitative estimate of drug-likeness (QED) is 0.844. The fourth-order valence-corrected chi connectivity index (χ4v) is 1.19. The van der Waals surface area contributed by atoms with Crippen LogP contribution in [0.4, 0.5) is 13.2 Å². The third-order valence-corrected chi connectivity index (χ3v) is 1.98. The van der Waals surface area contributed by atoms with E-state index >= 15 is 0 Å². The first-order chi connectivity index (χ1) is 6.99. The molecule has 0 spiro atoms. The van der Waals surface area contributed by atoms with Gasteiger partial charge in [-0.25, -0.2) is 9.97 Å². The minimum absolute atomic E-state index is 0.0273. The Morgan fingerprint density at radius 2 is 1.87 bits per heavy atom. The van der Waals surface area contributed by atoms with Crippen molar-refractivity contribution in [2.24, 2.45) is 5.73 Å². The molecule has 0 saturated heterocycles. The zero-order valence-corrected chi connectivity index (χ0v) is 8.04. The van der Waals surface area contributed by atoms with Crippen LogP contribution in [0.1, 0.15) is 30.9 Å². The van der Waals surface area contributed by atoms with Crippen molar-refractivity contribution in [1.29, 1.82) is 0 Å². The van der Waals surface area contributed by atoms with Crippen molar-refractivity contribution >= 4 is 0 Å². The highest BCUT2D eigenvalue weighted by Gasteiger charge is 2.26. The summed E-state index contributed by atoms with van der Waals surface area (Å²) in [4.78, 5) is 7.50. The summed E-state index contributed by atoms with van der Waals surface area (Å²) >= 11 is 0. The lowest BCUT2D eigenvalue weighted by Crippen LogP contribution is -2.13. The fourth-order valence-electron chi connectivity index (χ4n) is 1.19. The lowest BCUT2D eigenvalue weighted by atomic mass is 10.1. The molecule has 0 fully saturated rings. The van der Waals surface area contributed by atoms with Gasteiger partial charge in [0.05, 0.1) is 0 Å². The summed E-state index contributed by atoms with van der Waals surface area (Å²) < 4.78 is 35.5.